The third kappa shape index (κ3) is 2.29. The van der Waals surface area contributed by atoms with Crippen molar-refractivity contribution in [2.24, 2.45) is 0 Å². The molecule has 128 valence electrons. The first kappa shape index (κ1) is 15.4. The van der Waals surface area contributed by atoms with Crippen LogP contribution in [0.3, 0.4) is 0 Å². The van der Waals surface area contributed by atoms with Crippen molar-refractivity contribution in [2.45, 2.75) is 11.4 Å². The number of benzene rings is 2. The van der Waals surface area contributed by atoms with Gasteiger partial charge in [0.15, 0.2) is 0 Å². The lowest BCUT2D eigenvalue weighted by Gasteiger charge is -2.22. The van der Waals surface area contributed by atoms with E-state index in [0.717, 1.165) is 16.5 Å². The molecule has 2 atom stereocenters. The highest BCUT2D eigenvalue weighted by Gasteiger charge is 2.48. The number of thioether (sulfide) groups is 1. The van der Waals surface area contributed by atoms with Crippen LogP contribution in [0.1, 0.15) is 21.3 Å². The van der Waals surface area contributed by atoms with Crippen molar-refractivity contribution in [3.05, 3.63) is 71.9 Å². The lowest BCUT2D eigenvalue weighted by molar-refractivity contribution is -0.119. The van der Waals surface area contributed by atoms with Gasteiger partial charge in [-0.1, -0.05) is 24.3 Å². The van der Waals surface area contributed by atoms with Crippen LogP contribution in [0.15, 0.2) is 60.8 Å². The van der Waals surface area contributed by atoms with E-state index in [2.05, 4.69) is 10.3 Å². The van der Waals surface area contributed by atoms with Crippen LogP contribution >= 0.6 is 11.8 Å². The summed E-state index contributed by atoms with van der Waals surface area (Å²) < 4.78 is 0. The summed E-state index contributed by atoms with van der Waals surface area (Å²) in [4.78, 5) is 31.6. The van der Waals surface area contributed by atoms with Gasteiger partial charge in [-0.3, -0.25) is 14.6 Å². The molecule has 0 aliphatic carbocycles. The van der Waals surface area contributed by atoms with E-state index < -0.39 is 6.04 Å². The van der Waals surface area contributed by atoms with Gasteiger partial charge in [0.05, 0.1) is 5.52 Å². The second-order valence-electron chi connectivity index (χ2n) is 6.40. The fraction of sp³-hybridized carbons (Fsp3) is 0.150. The number of aromatic nitrogens is 1. The number of hydrogen-bond donors (Lipinski definition) is 1. The molecule has 1 aromatic heterocycles. The molecular weight excluding hydrogens is 346 g/mol. The first-order valence-corrected chi connectivity index (χ1v) is 9.46. The number of hydrogen-bond acceptors (Lipinski definition) is 4. The monoisotopic (exact) mass is 361 g/mol. The Morgan fingerprint density at radius 1 is 1.15 bits per heavy atom. The lowest BCUT2D eigenvalue weighted by atomic mass is 10.1. The summed E-state index contributed by atoms with van der Waals surface area (Å²) >= 11 is 1.64. The zero-order valence-corrected chi connectivity index (χ0v) is 14.6. The van der Waals surface area contributed by atoms with Crippen LogP contribution < -0.4 is 5.32 Å². The van der Waals surface area contributed by atoms with Gasteiger partial charge in [0.2, 0.25) is 5.91 Å². The Kier molecular flexibility index (Phi) is 3.46. The highest BCUT2D eigenvalue weighted by atomic mass is 32.2. The minimum Gasteiger partial charge on any atom is -0.324 e. The molecule has 0 bridgehead atoms. The molecule has 2 aliphatic rings. The number of carbonyl (C=O) groups excluding carboxylic acids is 2. The third-order valence-electron chi connectivity index (χ3n) is 4.87. The van der Waals surface area contributed by atoms with E-state index in [1.54, 1.807) is 22.9 Å². The number of nitrogens with one attached hydrogen (secondary N) is 1. The van der Waals surface area contributed by atoms with E-state index in [4.69, 9.17) is 0 Å². The van der Waals surface area contributed by atoms with Gasteiger partial charge in [0.25, 0.3) is 5.91 Å². The Hall–Kier alpha value is -2.86. The number of nitrogens with zero attached hydrogens (tertiary/aromatic N) is 2. The maximum absolute atomic E-state index is 12.9. The van der Waals surface area contributed by atoms with Gasteiger partial charge in [-0.15, -0.1) is 11.8 Å². The molecule has 6 heteroatoms. The van der Waals surface area contributed by atoms with Gasteiger partial charge in [0.1, 0.15) is 11.4 Å². The van der Waals surface area contributed by atoms with E-state index >= 15 is 0 Å². The van der Waals surface area contributed by atoms with Gasteiger partial charge >= 0.3 is 0 Å². The van der Waals surface area contributed by atoms with Crippen molar-refractivity contribution >= 4 is 40.2 Å². The van der Waals surface area contributed by atoms with Gasteiger partial charge in [-0.2, -0.15) is 0 Å². The van der Waals surface area contributed by atoms with Gasteiger partial charge in [-0.05, 0) is 35.9 Å². The minimum absolute atomic E-state index is 0.0570. The van der Waals surface area contributed by atoms with Crippen molar-refractivity contribution in [2.75, 3.05) is 11.1 Å². The number of pyridine rings is 1. The van der Waals surface area contributed by atoms with Crippen molar-refractivity contribution in [1.82, 2.24) is 9.88 Å². The van der Waals surface area contributed by atoms with Crippen LogP contribution in [-0.2, 0) is 4.79 Å². The molecule has 5 rings (SSSR count). The van der Waals surface area contributed by atoms with Crippen LogP contribution in [0.25, 0.3) is 10.9 Å². The Bertz CT molecular complexity index is 1050. The molecule has 0 saturated carbocycles. The zero-order valence-electron chi connectivity index (χ0n) is 13.8. The summed E-state index contributed by atoms with van der Waals surface area (Å²) in [6, 6.07) is 16.6. The Morgan fingerprint density at radius 2 is 2.04 bits per heavy atom. The molecule has 1 unspecified atom stereocenters. The zero-order chi connectivity index (χ0) is 17.7. The van der Waals surface area contributed by atoms with Crippen LogP contribution in [0.4, 0.5) is 5.69 Å². The molecule has 2 aromatic carbocycles. The molecular formula is C20H15N3O2S. The molecule has 1 saturated heterocycles. The van der Waals surface area contributed by atoms with Crippen LogP contribution in [0.5, 0.6) is 0 Å². The first-order chi connectivity index (χ1) is 12.7. The Balaban J connectivity index is 1.40. The summed E-state index contributed by atoms with van der Waals surface area (Å²) in [6.45, 7) is 0. The van der Waals surface area contributed by atoms with Crippen molar-refractivity contribution < 1.29 is 9.59 Å². The minimum atomic E-state index is -0.463. The molecule has 0 spiro atoms. The van der Waals surface area contributed by atoms with Gasteiger partial charge in [-0.25, -0.2) is 0 Å². The Morgan fingerprint density at radius 3 is 2.96 bits per heavy atom. The van der Waals surface area contributed by atoms with E-state index in [9.17, 15) is 9.59 Å². The number of rotatable bonds is 2. The van der Waals surface area contributed by atoms with Gasteiger partial charge < -0.3 is 10.2 Å². The summed E-state index contributed by atoms with van der Waals surface area (Å²) in [5, 5.41) is 3.87. The predicted octanol–water partition coefficient (Wildman–Crippen LogP) is 3.44. The number of carbonyl (C=O) groups is 2. The number of anilines is 1. The van der Waals surface area contributed by atoms with Crippen molar-refractivity contribution in [3.8, 4) is 0 Å². The normalized spacial score (nSPS) is 20.9. The van der Waals surface area contributed by atoms with Crippen LogP contribution in [0.2, 0.25) is 0 Å². The van der Waals surface area contributed by atoms with Crippen LogP contribution in [-0.4, -0.2) is 33.5 Å². The fourth-order valence-corrected chi connectivity index (χ4v) is 5.09. The molecule has 3 heterocycles. The lowest BCUT2D eigenvalue weighted by Crippen LogP contribution is -2.42. The molecule has 1 N–H and O–H groups in total. The summed E-state index contributed by atoms with van der Waals surface area (Å²) in [7, 11) is 0. The number of fused-ring (bicyclic) bond motifs is 4. The highest BCUT2D eigenvalue weighted by Crippen LogP contribution is 2.48. The average Bonchev–Trinajstić information content (AvgIpc) is 3.22. The average molecular weight is 361 g/mol. The van der Waals surface area contributed by atoms with Crippen molar-refractivity contribution in [3.63, 3.8) is 0 Å². The quantitative estimate of drug-likeness (QED) is 0.759. The smallest absolute Gasteiger partial charge is 0.256 e. The second kappa shape index (κ2) is 5.85. The molecule has 3 aromatic rings. The maximum Gasteiger partial charge on any atom is 0.256 e. The number of amides is 2. The molecule has 26 heavy (non-hydrogen) atoms. The second-order valence-corrected chi connectivity index (χ2v) is 7.51. The molecule has 1 fully saturated rings. The largest absolute Gasteiger partial charge is 0.324 e. The van der Waals surface area contributed by atoms with E-state index in [-0.39, 0.29) is 17.2 Å². The van der Waals surface area contributed by atoms with Crippen molar-refractivity contribution in [1.29, 1.82) is 0 Å². The SMILES string of the molecule is O=C(Nc1ccc2ncccc2c1)[C@@H]1CSC2c3ccccc3C(=O)N21. The topological polar surface area (TPSA) is 62.3 Å². The molecule has 2 amide bonds. The molecule has 0 radical (unpaired) electrons. The summed E-state index contributed by atoms with van der Waals surface area (Å²) in [6.07, 6.45) is 1.74. The maximum atomic E-state index is 12.9. The summed E-state index contributed by atoms with van der Waals surface area (Å²) in [5.41, 5.74) is 3.31. The van der Waals surface area contributed by atoms with E-state index in [0.29, 0.717) is 17.0 Å². The van der Waals surface area contributed by atoms with Gasteiger partial charge in [0, 0.05) is 28.6 Å². The summed E-state index contributed by atoms with van der Waals surface area (Å²) in [5.74, 6) is 0.397. The molecule has 5 nitrogen and oxygen atoms in total. The highest BCUT2D eigenvalue weighted by molar-refractivity contribution is 7.99. The van der Waals surface area contributed by atoms with E-state index in [1.807, 2.05) is 54.6 Å². The standard InChI is InChI=1S/C20H15N3O2S/c24-18(22-13-7-8-16-12(10-13)4-3-9-21-16)17-11-26-20-15-6-2-1-5-14(15)19(25)23(17)20/h1-10,17,20H,11H2,(H,22,24)/t17-,20?/m0/s1. The third-order valence-corrected chi connectivity index (χ3v) is 6.17. The fourth-order valence-electron chi connectivity index (χ4n) is 3.62. The first-order valence-electron chi connectivity index (χ1n) is 8.41. The van der Waals surface area contributed by atoms with Crippen LogP contribution in [0, 0.1) is 0 Å². The molecule has 2 aliphatic heterocycles. The van der Waals surface area contributed by atoms with E-state index in [1.165, 1.54) is 0 Å². The predicted molar refractivity (Wildman–Crippen MR) is 102 cm³/mol. The Labute approximate surface area is 154 Å².